The van der Waals surface area contributed by atoms with E-state index in [1.54, 1.807) is 0 Å². The van der Waals surface area contributed by atoms with Gasteiger partial charge in [0.15, 0.2) is 23.1 Å². The number of rotatable bonds is 5. The lowest BCUT2D eigenvalue weighted by Gasteiger charge is -2.22. The van der Waals surface area contributed by atoms with Gasteiger partial charge in [-0.25, -0.2) is 19.9 Å². The Labute approximate surface area is 347 Å². The molecular formula is C52H30N6OS. The molecule has 8 aromatic carbocycles. The van der Waals surface area contributed by atoms with Crippen LogP contribution in [0.2, 0.25) is 0 Å². The lowest BCUT2D eigenvalue weighted by atomic mass is 10.0. The first kappa shape index (κ1) is 33.2. The quantitative estimate of drug-likeness (QED) is 0.173. The molecule has 0 atom stereocenters. The van der Waals surface area contributed by atoms with E-state index in [1.165, 1.54) is 32.1 Å². The van der Waals surface area contributed by atoms with Crippen LogP contribution in [0.15, 0.2) is 196 Å². The normalized spacial score (nSPS) is 12.3. The predicted molar refractivity (Wildman–Crippen MR) is 242 cm³/mol. The van der Waals surface area contributed by atoms with Crippen LogP contribution in [0.1, 0.15) is 0 Å². The Morgan fingerprint density at radius 2 is 1.17 bits per heavy atom. The van der Waals surface area contributed by atoms with Gasteiger partial charge in [-0.1, -0.05) is 127 Å². The summed E-state index contributed by atoms with van der Waals surface area (Å²) < 4.78 is 11.1. The second-order valence-corrected chi connectivity index (χ2v) is 16.1. The maximum atomic E-state index is 6.19. The van der Waals surface area contributed by atoms with Crippen molar-refractivity contribution in [3.05, 3.63) is 182 Å². The van der Waals surface area contributed by atoms with Crippen LogP contribution in [0.5, 0.6) is 0 Å². The van der Waals surface area contributed by atoms with E-state index in [9.17, 15) is 0 Å². The van der Waals surface area contributed by atoms with Crippen LogP contribution in [0.3, 0.4) is 0 Å². The first-order valence-electron chi connectivity index (χ1n) is 19.9. The topological polar surface area (TPSA) is 74.6 Å². The van der Waals surface area contributed by atoms with E-state index in [0.717, 1.165) is 66.0 Å². The number of nitrogens with zero attached hydrogens (tertiary/aromatic N) is 6. The predicted octanol–water partition coefficient (Wildman–Crippen LogP) is 13.3. The molecule has 0 radical (unpaired) electrons. The molecular weight excluding hydrogens is 757 g/mol. The fourth-order valence-electron chi connectivity index (χ4n) is 8.92. The Bertz CT molecular complexity index is 3680. The van der Waals surface area contributed by atoms with Crippen molar-refractivity contribution < 1.29 is 4.42 Å². The molecule has 60 heavy (non-hydrogen) atoms. The van der Waals surface area contributed by atoms with Gasteiger partial charge in [0.05, 0.1) is 16.7 Å². The van der Waals surface area contributed by atoms with Crippen molar-refractivity contribution >= 4 is 66.5 Å². The summed E-state index contributed by atoms with van der Waals surface area (Å²) in [5.41, 5.74) is 10.8. The minimum atomic E-state index is 0.548. The van der Waals surface area contributed by atoms with E-state index in [0.29, 0.717) is 23.4 Å². The van der Waals surface area contributed by atoms with E-state index in [-0.39, 0.29) is 0 Å². The largest absolute Gasteiger partial charge is 0.436 e. The summed E-state index contributed by atoms with van der Waals surface area (Å²) >= 11 is 1.81. The highest BCUT2D eigenvalue weighted by atomic mass is 32.2. The molecule has 0 N–H and O–H groups in total. The molecule has 0 saturated carbocycles. The highest BCUT2D eigenvalue weighted by molar-refractivity contribution is 7.99. The molecule has 5 heterocycles. The van der Waals surface area contributed by atoms with Crippen LogP contribution in [0.4, 0.5) is 0 Å². The fourth-order valence-corrected chi connectivity index (χ4v) is 9.99. The number of aromatic nitrogens is 6. The van der Waals surface area contributed by atoms with Gasteiger partial charge in [-0.05, 0) is 77.5 Å². The zero-order chi connectivity index (χ0) is 39.3. The van der Waals surface area contributed by atoms with Crippen LogP contribution >= 0.6 is 11.8 Å². The number of hydrogen-bond donors (Lipinski definition) is 0. The third-order valence-corrected chi connectivity index (χ3v) is 12.7. The zero-order valence-electron chi connectivity index (χ0n) is 31.8. The Balaban J connectivity index is 1.05. The molecule has 0 spiro atoms. The average molecular weight is 787 g/mol. The first-order valence-corrected chi connectivity index (χ1v) is 20.7. The Kier molecular flexibility index (Phi) is 7.11. The molecule has 0 bridgehead atoms. The molecule has 13 rings (SSSR count). The SMILES string of the molecule is c1ccc(-n2c3ccccc3c3c4cccc5c4n(c32)-c2cc(-c3nc(-c4cccc(-c6nc7ccccc7o6)c4)nc(-c4cccc6ccccc46)n3)ccc2S5)cc1. The number of oxazole rings is 1. The number of fused-ring (bicyclic) bond motifs is 9. The second-order valence-electron chi connectivity index (χ2n) is 15.1. The maximum Gasteiger partial charge on any atom is 0.227 e. The molecule has 0 fully saturated rings. The highest BCUT2D eigenvalue weighted by Gasteiger charge is 2.28. The summed E-state index contributed by atoms with van der Waals surface area (Å²) in [5.74, 6) is 2.30. The molecule has 12 aromatic rings. The average Bonchev–Trinajstić information content (AvgIpc) is 4.00. The summed E-state index contributed by atoms with van der Waals surface area (Å²) in [6.07, 6.45) is 0. The maximum absolute atomic E-state index is 6.19. The standard InChI is InChI=1S/C52H30N6OS/c1-2-17-35(18-3-1)57-41-24-8-6-20-38(41)46-39-22-12-26-45-47(39)58(52(46)57)42-30-33(27-28-44(42)60-45)49-54-48(55-50(56-49)37-21-11-14-31-13-4-5-19-36(31)37)32-15-10-16-34(29-32)51-53-40-23-7-9-25-43(40)59-51/h1-30H. The molecule has 8 heteroatoms. The van der Waals surface area contributed by atoms with Crippen molar-refractivity contribution in [1.29, 1.82) is 0 Å². The summed E-state index contributed by atoms with van der Waals surface area (Å²) in [5, 5.41) is 5.90. The lowest BCUT2D eigenvalue weighted by Crippen LogP contribution is -2.06. The van der Waals surface area contributed by atoms with Crippen LogP contribution < -0.4 is 0 Å². The smallest absolute Gasteiger partial charge is 0.227 e. The van der Waals surface area contributed by atoms with E-state index < -0.39 is 0 Å². The van der Waals surface area contributed by atoms with Crippen molar-refractivity contribution in [3.8, 4) is 57.0 Å². The van der Waals surface area contributed by atoms with Crippen molar-refractivity contribution in [1.82, 2.24) is 29.1 Å². The van der Waals surface area contributed by atoms with Gasteiger partial charge in [-0.2, -0.15) is 0 Å². The molecule has 7 nitrogen and oxygen atoms in total. The Hall–Kier alpha value is -7.81. The fraction of sp³-hybridized carbons (Fsp3) is 0. The van der Waals surface area contributed by atoms with Crippen molar-refractivity contribution in [2.45, 2.75) is 9.79 Å². The van der Waals surface area contributed by atoms with Crippen LogP contribution in [0.25, 0.3) is 112 Å². The minimum Gasteiger partial charge on any atom is -0.436 e. The zero-order valence-corrected chi connectivity index (χ0v) is 32.6. The molecule has 1 aliphatic heterocycles. The van der Waals surface area contributed by atoms with Gasteiger partial charge in [0, 0.05) is 53.9 Å². The van der Waals surface area contributed by atoms with Gasteiger partial charge in [0.2, 0.25) is 5.89 Å². The summed E-state index contributed by atoms with van der Waals surface area (Å²) in [6, 6.07) is 63.3. The van der Waals surface area contributed by atoms with E-state index >= 15 is 0 Å². The Morgan fingerprint density at radius 1 is 0.467 bits per heavy atom. The molecule has 0 aliphatic carbocycles. The van der Waals surface area contributed by atoms with Gasteiger partial charge in [0.25, 0.3) is 0 Å². The minimum absolute atomic E-state index is 0.548. The van der Waals surface area contributed by atoms with Gasteiger partial charge in [0.1, 0.15) is 11.2 Å². The monoisotopic (exact) mass is 786 g/mol. The van der Waals surface area contributed by atoms with Gasteiger partial charge >= 0.3 is 0 Å². The highest BCUT2D eigenvalue weighted by Crippen LogP contribution is 2.50. The number of hydrogen-bond acceptors (Lipinski definition) is 6. The molecule has 4 aromatic heterocycles. The van der Waals surface area contributed by atoms with Crippen molar-refractivity contribution in [2.24, 2.45) is 0 Å². The molecule has 0 amide bonds. The Morgan fingerprint density at radius 3 is 2.07 bits per heavy atom. The van der Waals surface area contributed by atoms with Crippen molar-refractivity contribution in [3.63, 3.8) is 0 Å². The number of benzene rings is 8. The second kappa shape index (κ2) is 12.8. The van der Waals surface area contributed by atoms with Gasteiger partial charge in [-0.15, -0.1) is 0 Å². The molecule has 1 aliphatic rings. The molecule has 0 unspecified atom stereocenters. The lowest BCUT2D eigenvalue weighted by molar-refractivity contribution is 0.620. The summed E-state index contributed by atoms with van der Waals surface area (Å²) in [7, 11) is 0. The molecule has 0 saturated heterocycles. The summed E-state index contributed by atoms with van der Waals surface area (Å²) in [4.78, 5) is 22.9. The van der Waals surface area contributed by atoms with E-state index in [4.69, 9.17) is 24.4 Å². The number of para-hydroxylation sites is 5. The van der Waals surface area contributed by atoms with Crippen LogP contribution in [0, 0.1) is 0 Å². The van der Waals surface area contributed by atoms with Gasteiger partial charge < -0.3 is 4.42 Å². The van der Waals surface area contributed by atoms with Crippen LogP contribution in [-0.2, 0) is 0 Å². The van der Waals surface area contributed by atoms with E-state index in [1.807, 2.05) is 60.3 Å². The third-order valence-electron chi connectivity index (χ3n) is 11.6. The first-order chi connectivity index (χ1) is 29.7. The van der Waals surface area contributed by atoms with Crippen molar-refractivity contribution in [2.75, 3.05) is 0 Å². The summed E-state index contributed by atoms with van der Waals surface area (Å²) in [6.45, 7) is 0. The van der Waals surface area contributed by atoms with Gasteiger partial charge in [-0.3, -0.25) is 9.13 Å². The third kappa shape index (κ3) is 4.98. The van der Waals surface area contributed by atoms with Crippen LogP contribution in [-0.4, -0.2) is 29.1 Å². The molecule has 280 valence electrons. The van der Waals surface area contributed by atoms with E-state index in [2.05, 4.69) is 143 Å².